The molecule has 2 heterocycles. The van der Waals surface area contributed by atoms with Crippen molar-refractivity contribution in [1.29, 1.82) is 0 Å². The first-order valence-corrected chi connectivity index (χ1v) is 12.9. The third-order valence-electron chi connectivity index (χ3n) is 5.31. The molecular weight excluding hydrogens is 468 g/mol. The van der Waals surface area contributed by atoms with E-state index in [4.69, 9.17) is 4.74 Å². The number of thiazole rings is 1. The van der Waals surface area contributed by atoms with Crippen molar-refractivity contribution in [3.05, 3.63) is 58.1 Å². The summed E-state index contributed by atoms with van der Waals surface area (Å²) < 4.78 is 30.5. The van der Waals surface area contributed by atoms with Gasteiger partial charge in [0.2, 0.25) is 0 Å². The van der Waals surface area contributed by atoms with Gasteiger partial charge in [-0.05, 0) is 24.3 Å². The van der Waals surface area contributed by atoms with Crippen molar-refractivity contribution < 1.29 is 22.9 Å². The van der Waals surface area contributed by atoms with Crippen molar-refractivity contribution in [3.63, 3.8) is 0 Å². The number of nitrogens with zero attached hydrogens (tertiary/aromatic N) is 4. The van der Waals surface area contributed by atoms with E-state index in [2.05, 4.69) is 9.88 Å². The van der Waals surface area contributed by atoms with Crippen molar-refractivity contribution in [2.45, 2.75) is 4.90 Å². The fourth-order valence-corrected chi connectivity index (χ4v) is 5.47. The van der Waals surface area contributed by atoms with E-state index in [1.54, 1.807) is 12.1 Å². The second-order valence-corrected chi connectivity index (χ2v) is 10.6. The largest absolute Gasteiger partial charge is 0.379 e. The normalized spacial score (nSPS) is 14.9. The molecule has 0 N–H and O–H groups in total. The number of carbonyl (C=O) groups is 1. The molecule has 0 radical (unpaired) electrons. The summed E-state index contributed by atoms with van der Waals surface area (Å²) in [6.07, 6.45) is 1.12. The molecule has 174 valence electrons. The first-order valence-electron chi connectivity index (χ1n) is 10.2. The molecule has 1 aromatic heterocycles. The summed E-state index contributed by atoms with van der Waals surface area (Å²) in [6.45, 7) is 3.64. The number of sulfone groups is 1. The highest BCUT2D eigenvalue weighted by Crippen LogP contribution is 2.33. The van der Waals surface area contributed by atoms with Gasteiger partial charge in [-0.3, -0.25) is 24.7 Å². The Kier molecular flexibility index (Phi) is 6.70. The number of rotatable bonds is 7. The number of hydrogen-bond donors (Lipinski definition) is 0. The number of nitro groups is 1. The fourth-order valence-electron chi connectivity index (χ4n) is 3.56. The van der Waals surface area contributed by atoms with Crippen molar-refractivity contribution in [2.24, 2.45) is 0 Å². The summed E-state index contributed by atoms with van der Waals surface area (Å²) in [6, 6.07) is 10.3. The molecule has 10 nitrogen and oxygen atoms in total. The first-order chi connectivity index (χ1) is 15.7. The molecule has 0 unspecified atom stereocenters. The van der Waals surface area contributed by atoms with Crippen LogP contribution in [0.3, 0.4) is 0 Å². The predicted octanol–water partition coefficient (Wildman–Crippen LogP) is 2.59. The molecular formula is C21H22N4O6S2. The van der Waals surface area contributed by atoms with Gasteiger partial charge in [0.15, 0.2) is 15.0 Å². The molecule has 1 aliphatic heterocycles. The zero-order chi connectivity index (χ0) is 23.6. The molecule has 0 saturated carbocycles. The van der Waals surface area contributed by atoms with E-state index in [1.807, 2.05) is 0 Å². The second kappa shape index (κ2) is 9.51. The van der Waals surface area contributed by atoms with Gasteiger partial charge in [-0.25, -0.2) is 13.4 Å². The Bertz CT molecular complexity index is 1280. The lowest BCUT2D eigenvalue weighted by atomic mass is 10.2. The smallest absolute Gasteiger partial charge is 0.269 e. The van der Waals surface area contributed by atoms with Crippen molar-refractivity contribution in [3.8, 4) is 0 Å². The number of fused-ring (bicyclic) bond motifs is 1. The number of anilines is 1. The van der Waals surface area contributed by atoms with Crippen LogP contribution in [0.4, 0.5) is 10.8 Å². The summed E-state index contributed by atoms with van der Waals surface area (Å²) in [4.78, 5) is 32.2. The fraction of sp³-hybridized carbons (Fsp3) is 0.333. The Hall–Kier alpha value is -2.93. The lowest BCUT2D eigenvalue weighted by molar-refractivity contribution is -0.384. The van der Waals surface area contributed by atoms with Crippen LogP contribution in [0.5, 0.6) is 0 Å². The van der Waals surface area contributed by atoms with Crippen LogP contribution in [-0.2, 0) is 14.6 Å². The Morgan fingerprint density at radius 1 is 1.21 bits per heavy atom. The number of non-ortho nitro benzene ring substituents is 1. The third-order valence-corrected chi connectivity index (χ3v) is 7.49. The van der Waals surface area contributed by atoms with Gasteiger partial charge in [0.1, 0.15) is 5.52 Å². The number of nitro benzene ring substituents is 1. The maximum absolute atomic E-state index is 13.4. The van der Waals surface area contributed by atoms with E-state index in [0.29, 0.717) is 41.7 Å². The Labute approximate surface area is 194 Å². The summed E-state index contributed by atoms with van der Waals surface area (Å²) in [5.41, 5.74) is 0.502. The first kappa shape index (κ1) is 23.2. The minimum atomic E-state index is -3.50. The topological polar surface area (TPSA) is 123 Å². The molecule has 1 aliphatic rings. The van der Waals surface area contributed by atoms with E-state index < -0.39 is 14.8 Å². The standard InChI is InChI=1S/C21H22N4O6S2/c1-33(29,30)18-4-2-3-17-19(18)22-21(32-17)24(10-9-23-11-13-31-14-12-23)20(26)15-5-7-16(8-6-15)25(27)28/h2-8H,9-14H2,1H3. The van der Waals surface area contributed by atoms with Gasteiger partial charge in [-0.2, -0.15) is 0 Å². The Morgan fingerprint density at radius 2 is 1.91 bits per heavy atom. The highest BCUT2D eigenvalue weighted by molar-refractivity contribution is 7.91. The van der Waals surface area contributed by atoms with E-state index >= 15 is 0 Å². The number of ether oxygens (including phenoxy) is 1. The molecule has 1 fully saturated rings. The Balaban J connectivity index is 1.70. The average Bonchev–Trinajstić information content (AvgIpc) is 3.23. The van der Waals surface area contributed by atoms with Gasteiger partial charge < -0.3 is 4.74 Å². The summed E-state index contributed by atoms with van der Waals surface area (Å²) >= 11 is 1.23. The van der Waals surface area contributed by atoms with Crippen molar-refractivity contribution in [1.82, 2.24) is 9.88 Å². The number of para-hydroxylation sites is 1. The molecule has 12 heteroatoms. The summed E-state index contributed by atoms with van der Waals surface area (Å²) in [7, 11) is -3.50. The van der Waals surface area contributed by atoms with Gasteiger partial charge in [-0.1, -0.05) is 17.4 Å². The van der Waals surface area contributed by atoms with Crippen LogP contribution in [0.25, 0.3) is 10.2 Å². The summed E-state index contributed by atoms with van der Waals surface area (Å²) in [5.74, 6) is -0.363. The highest BCUT2D eigenvalue weighted by atomic mass is 32.2. The molecule has 0 aliphatic carbocycles. The van der Waals surface area contributed by atoms with Crippen molar-refractivity contribution >= 4 is 48.1 Å². The molecule has 1 saturated heterocycles. The van der Waals surface area contributed by atoms with Gasteiger partial charge in [0.25, 0.3) is 11.6 Å². The molecule has 0 bridgehead atoms. The molecule has 0 spiro atoms. The van der Waals surface area contributed by atoms with E-state index in [1.165, 1.54) is 46.6 Å². The molecule has 4 rings (SSSR count). The lowest BCUT2D eigenvalue weighted by Gasteiger charge is -2.29. The monoisotopic (exact) mass is 490 g/mol. The van der Waals surface area contributed by atoms with E-state index in [0.717, 1.165) is 19.3 Å². The van der Waals surface area contributed by atoms with Crippen LogP contribution in [0, 0.1) is 10.1 Å². The minimum absolute atomic E-state index is 0.107. The minimum Gasteiger partial charge on any atom is -0.379 e. The quantitative estimate of drug-likeness (QED) is 0.366. The van der Waals surface area contributed by atoms with E-state index in [9.17, 15) is 23.3 Å². The van der Waals surface area contributed by atoms with Crippen LogP contribution in [0.15, 0.2) is 47.4 Å². The highest BCUT2D eigenvalue weighted by Gasteiger charge is 2.25. The van der Waals surface area contributed by atoms with Gasteiger partial charge in [-0.15, -0.1) is 0 Å². The van der Waals surface area contributed by atoms with E-state index in [-0.39, 0.29) is 22.1 Å². The maximum atomic E-state index is 13.4. The number of benzene rings is 2. The van der Waals surface area contributed by atoms with Crippen LogP contribution in [0.2, 0.25) is 0 Å². The predicted molar refractivity (Wildman–Crippen MR) is 125 cm³/mol. The zero-order valence-electron chi connectivity index (χ0n) is 17.8. The number of carbonyl (C=O) groups excluding carboxylic acids is 1. The third kappa shape index (κ3) is 5.19. The van der Waals surface area contributed by atoms with Crippen LogP contribution < -0.4 is 4.90 Å². The van der Waals surface area contributed by atoms with Gasteiger partial charge in [0.05, 0.1) is 27.7 Å². The number of amides is 1. The molecule has 1 amide bonds. The van der Waals surface area contributed by atoms with Gasteiger partial charge >= 0.3 is 0 Å². The number of aromatic nitrogens is 1. The lowest BCUT2D eigenvalue weighted by Crippen LogP contribution is -2.43. The number of hydrogen-bond acceptors (Lipinski definition) is 9. The SMILES string of the molecule is CS(=O)(=O)c1cccc2sc(N(CCN3CCOCC3)C(=O)c3ccc([N+](=O)[O-])cc3)nc12. The second-order valence-electron chi connectivity index (χ2n) is 7.59. The maximum Gasteiger partial charge on any atom is 0.269 e. The van der Waals surface area contributed by atoms with Crippen LogP contribution in [0.1, 0.15) is 10.4 Å². The summed E-state index contributed by atoms with van der Waals surface area (Å²) in [5, 5.41) is 11.3. The molecule has 0 atom stereocenters. The molecule has 2 aromatic carbocycles. The van der Waals surface area contributed by atoms with Gasteiger partial charge in [0, 0.05) is 50.1 Å². The number of morpholine rings is 1. The Morgan fingerprint density at radius 3 is 2.55 bits per heavy atom. The zero-order valence-corrected chi connectivity index (χ0v) is 19.5. The van der Waals surface area contributed by atoms with Crippen LogP contribution >= 0.6 is 11.3 Å². The molecule has 33 heavy (non-hydrogen) atoms. The van der Waals surface area contributed by atoms with Crippen LogP contribution in [-0.4, -0.2) is 74.8 Å². The molecule has 3 aromatic rings. The van der Waals surface area contributed by atoms with Crippen molar-refractivity contribution in [2.75, 3.05) is 50.5 Å². The average molecular weight is 491 g/mol.